The van der Waals surface area contributed by atoms with E-state index in [1.807, 2.05) is 48.3 Å². The lowest BCUT2D eigenvalue weighted by molar-refractivity contribution is -0.131. The minimum absolute atomic E-state index is 0.0505. The Bertz CT molecular complexity index is 1830. The summed E-state index contributed by atoms with van der Waals surface area (Å²) in [5, 5.41) is 5.48. The number of rotatable bonds is 8. The molecule has 0 aliphatic carbocycles. The summed E-state index contributed by atoms with van der Waals surface area (Å²) in [6.07, 6.45) is 7.51. The van der Waals surface area contributed by atoms with Crippen LogP contribution in [0.1, 0.15) is 48.1 Å². The van der Waals surface area contributed by atoms with Gasteiger partial charge in [0, 0.05) is 75.2 Å². The molecule has 0 saturated carbocycles. The van der Waals surface area contributed by atoms with Gasteiger partial charge in [0.2, 0.25) is 5.91 Å². The van der Waals surface area contributed by atoms with Crippen molar-refractivity contribution in [2.75, 3.05) is 38.3 Å². The van der Waals surface area contributed by atoms with E-state index in [0.29, 0.717) is 49.6 Å². The van der Waals surface area contributed by atoms with Crippen LogP contribution in [0, 0.1) is 0 Å². The Labute approximate surface area is 255 Å². The molecule has 0 spiro atoms. The highest BCUT2D eigenvalue weighted by molar-refractivity contribution is 5.98. The summed E-state index contributed by atoms with van der Waals surface area (Å²) in [5.74, 6) is 0.477. The third kappa shape index (κ3) is 5.06. The van der Waals surface area contributed by atoms with E-state index < -0.39 is 5.97 Å². The van der Waals surface area contributed by atoms with Crippen LogP contribution < -0.4 is 4.90 Å². The van der Waals surface area contributed by atoms with Gasteiger partial charge in [0.15, 0.2) is 5.65 Å². The van der Waals surface area contributed by atoms with Crippen LogP contribution in [0.5, 0.6) is 0 Å². The van der Waals surface area contributed by atoms with Crippen molar-refractivity contribution in [3.8, 4) is 11.3 Å². The van der Waals surface area contributed by atoms with Crippen molar-refractivity contribution in [1.82, 2.24) is 29.0 Å². The fraction of sp³-hybridized carbons (Fsp3) is 0.364. The molecule has 0 unspecified atom stereocenters. The van der Waals surface area contributed by atoms with Crippen LogP contribution in [0.15, 0.2) is 67.1 Å². The number of carbonyl (C=O) groups is 2. The molecule has 6 heterocycles. The number of benzene rings is 1. The predicted octanol–water partition coefficient (Wildman–Crippen LogP) is 4.51. The number of likely N-dealkylation sites (tertiary alicyclic amines) is 1. The molecular weight excluding hydrogens is 558 g/mol. The standard InChI is InChI=1S/C33H35N7O4/c1-3-44-33(42)26-18-35-40-29(37(2)19-22-8-5-4-6-9-22)17-28(36-32(26)40)27-21-39(31-25(27)10-7-13-34-31)24-16-30(41)38(20-24)23-11-14-43-15-12-23/h4-10,13,17-18,21,23-24H,3,11-12,14-16,19-20H2,1-2H3/t24-/m1/s1. The number of ether oxygens (including phenoxy) is 2. The second-order valence-corrected chi connectivity index (χ2v) is 11.4. The molecule has 4 aromatic heterocycles. The maximum absolute atomic E-state index is 13.2. The Kier molecular flexibility index (Phi) is 7.47. The van der Waals surface area contributed by atoms with E-state index in [0.717, 1.165) is 40.8 Å². The first-order chi connectivity index (χ1) is 21.5. The van der Waals surface area contributed by atoms with Gasteiger partial charge in [0.25, 0.3) is 0 Å². The van der Waals surface area contributed by atoms with E-state index >= 15 is 0 Å². The Hall–Kier alpha value is -4.77. The summed E-state index contributed by atoms with van der Waals surface area (Å²) in [6.45, 7) is 4.67. The highest BCUT2D eigenvalue weighted by atomic mass is 16.5. The minimum atomic E-state index is -0.467. The molecule has 1 aromatic carbocycles. The van der Waals surface area contributed by atoms with Crippen molar-refractivity contribution >= 4 is 34.4 Å². The van der Waals surface area contributed by atoms with Crippen LogP contribution in [0.4, 0.5) is 5.82 Å². The van der Waals surface area contributed by atoms with Crippen molar-refractivity contribution in [2.45, 2.75) is 44.8 Å². The molecule has 5 aromatic rings. The van der Waals surface area contributed by atoms with E-state index in [-0.39, 0.29) is 24.6 Å². The highest BCUT2D eigenvalue weighted by Gasteiger charge is 2.37. The fourth-order valence-electron chi connectivity index (χ4n) is 6.46. The number of anilines is 1. The SMILES string of the molecule is CCOC(=O)c1cnn2c(N(C)Cc3ccccc3)cc(-c3cn([C@@H]4CC(=O)N(C5CCOCC5)C4)c4ncccc34)nc12. The number of aromatic nitrogens is 5. The molecule has 11 heteroatoms. The molecule has 2 aliphatic rings. The van der Waals surface area contributed by atoms with E-state index in [2.05, 4.69) is 32.9 Å². The van der Waals surface area contributed by atoms with Crippen molar-refractivity contribution in [3.05, 3.63) is 78.2 Å². The number of nitrogens with zero attached hydrogens (tertiary/aromatic N) is 7. The van der Waals surface area contributed by atoms with Gasteiger partial charge in [0.05, 0.1) is 24.5 Å². The summed E-state index contributed by atoms with van der Waals surface area (Å²) in [7, 11) is 2.00. The van der Waals surface area contributed by atoms with E-state index in [1.54, 1.807) is 17.6 Å². The largest absolute Gasteiger partial charge is 0.462 e. The molecule has 1 amide bonds. The van der Waals surface area contributed by atoms with Crippen LogP contribution in [0.3, 0.4) is 0 Å². The lowest BCUT2D eigenvalue weighted by Crippen LogP contribution is -2.40. The van der Waals surface area contributed by atoms with E-state index in [9.17, 15) is 9.59 Å². The van der Waals surface area contributed by atoms with Gasteiger partial charge in [-0.05, 0) is 37.5 Å². The quantitative estimate of drug-likeness (QED) is 0.242. The van der Waals surface area contributed by atoms with Crippen LogP contribution >= 0.6 is 0 Å². The number of fused-ring (bicyclic) bond motifs is 2. The van der Waals surface area contributed by atoms with Crippen LogP contribution in [0.25, 0.3) is 27.9 Å². The van der Waals surface area contributed by atoms with Crippen LogP contribution in [-0.2, 0) is 20.8 Å². The zero-order chi connectivity index (χ0) is 30.2. The Morgan fingerprint density at radius 3 is 2.70 bits per heavy atom. The molecule has 0 N–H and O–H groups in total. The van der Waals surface area contributed by atoms with Crippen molar-refractivity contribution in [3.63, 3.8) is 0 Å². The van der Waals surface area contributed by atoms with Gasteiger partial charge in [-0.15, -0.1) is 0 Å². The summed E-state index contributed by atoms with van der Waals surface area (Å²) in [5.41, 5.74) is 4.22. The average Bonchev–Trinajstić information content (AvgIpc) is 3.76. The van der Waals surface area contributed by atoms with Crippen molar-refractivity contribution < 1.29 is 19.1 Å². The topological polar surface area (TPSA) is 107 Å². The Balaban J connectivity index is 1.33. The second kappa shape index (κ2) is 11.7. The maximum Gasteiger partial charge on any atom is 0.343 e. The molecule has 2 fully saturated rings. The normalized spacial score (nSPS) is 17.5. The Morgan fingerprint density at radius 1 is 1.09 bits per heavy atom. The van der Waals surface area contributed by atoms with Gasteiger partial charge in [-0.1, -0.05) is 30.3 Å². The first-order valence-electron chi connectivity index (χ1n) is 15.2. The monoisotopic (exact) mass is 593 g/mol. The average molecular weight is 594 g/mol. The molecule has 7 rings (SSSR count). The lowest BCUT2D eigenvalue weighted by Gasteiger charge is -2.31. The lowest BCUT2D eigenvalue weighted by atomic mass is 10.1. The fourth-order valence-corrected chi connectivity index (χ4v) is 6.46. The maximum atomic E-state index is 13.2. The molecule has 1 atom stereocenters. The zero-order valence-corrected chi connectivity index (χ0v) is 24.9. The van der Waals surface area contributed by atoms with Crippen LogP contribution in [-0.4, -0.2) is 80.4 Å². The molecule has 11 nitrogen and oxygen atoms in total. The zero-order valence-electron chi connectivity index (χ0n) is 24.9. The summed E-state index contributed by atoms with van der Waals surface area (Å²) < 4.78 is 14.7. The van der Waals surface area contributed by atoms with Crippen LogP contribution in [0.2, 0.25) is 0 Å². The van der Waals surface area contributed by atoms with Gasteiger partial charge < -0.3 is 23.8 Å². The molecule has 2 saturated heterocycles. The smallest absolute Gasteiger partial charge is 0.343 e. The first kappa shape index (κ1) is 28.0. The summed E-state index contributed by atoms with van der Waals surface area (Å²) in [4.78, 5) is 40.0. The number of amides is 1. The molecule has 44 heavy (non-hydrogen) atoms. The molecule has 226 valence electrons. The Morgan fingerprint density at radius 2 is 1.91 bits per heavy atom. The van der Waals surface area contributed by atoms with E-state index in [4.69, 9.17) is 19.4 Å². The van der Waals surface area contributed by atoms with Crippen molar-refractivity contribution in [1.29, 1.82) is 0 Å². The summed E-state index contributed by atoms with van der Waals surface area (Å²) >= 11 is 0. The third-order valence-corrected chi connectivity index (χ3v) is 8.63. The molecule has 0 radical (unpaired) electrons. The first-order valence-corrected chi connectivity index (χ1v) is 15.2. The molecule has 0 bridgehead atoms. The number of hydrogen-bond acceptors (Lipinski definition) is 8. The van der Waals surface area contributed by atoms with Gasteiger partial charge in [0.1, 0.15) is 17.0 Å². The summed E-state index contributed by atoms with van der Waals surface area (Å²) in [6, 6.07) is 16.3. The van der Waals surface area contributed by atoms with Gasteiger partial charge >= 0.3 is 5.97 Å². The minimum Gasteiger partial charge on any atom is -0.462 e. The molecule has 2 aliphatic heterocycles. The van der Waals surface area contributed by atoms with Gasteiger partial charge in [-0.25, -0.2) is 14.8 Å². The van der Waals surface area contributed by atoms with E-state index in [1.165, 1.54) is 6.20 Å². The highest BCUT2D eigenvalue weighted by Crippen LogP contribution is 2.36. The second-order valence-electron chi connectivity index (χ2n) is 11.4. The predicted molar refractivity (Wildman–Crippen MR) is 165 cm³/mol. The third-order valence-electron chi connectivity index (χ3n) is 8.63. The molecular formula is C33H35N7O4. The van der Waals surface area contributed by atoms with Gasteiger partial charge in [-0.2, -0.15) is 9.61 Å². The number of hydrogen-bond donors (Lipinski definition) is 0. The number of pyridine rings is 1. The van der Waals surface area contributed by atoms with Crippen molar-refractivity contribution in [2.24, 2.45) is 0 Å². The number of carbonyl (C=O) groups excluding carboxylic acids is 2. The number of esters is 1. The van der Waals surface area contributed by atoms with Gasteiger partial charge in [-0.3, -0.25) is 4.79 Å².